The van der Waals surface area contributed by atoms with Gasteiger partial charge in [0.15, 0.2) is 0 Å². The lowest BCUT2D eigenvalue weighted by molar-refractivity contribution is 0.578. The smallest absolute Gasteiger partial charge is 0.261 e. The minimum absolute atomic E-state index is 0.0791. The Hall–Kier alpha value is -1.38. The minimum Gasteiger partial charge on any atom is -0.324 e. The lowest BCUT2D eigenvalue weighted by Crippen LogP contribution is -2.24. The summed E-state index contributed by atoms with van der Waals surface area (Å²) in [6, 6.07) is 0. The van der Waals surface area contributed by atoms with E-state index in [4.69, 9.17) is 11.6 Å². The molecule has 0 fully saturated rings. The van der Waals surface area contributed by atoms with Crippen molar-refractivity contribution in [3.8, 4) is 0 Å². The Balaban J connectivity index is 2.19. The number of rotatable bonds is 4. The summed E-state index contributed by atoms with van der Waals surface area (Å²) in [6.07, 6.45) is 3.12. The van der Waals surface area contributed by atoms with Crippen LogP contribution in [0.4, 0.5) is 0 Å². The average Bonchev–Trinajstić information content (AvgIpc) is 2.81. The van der Waals surface area contributed by atoms with Gasteiger partial charge < -0.3 is 4.57 Å². The van der Waals surface area contributed by atoms with Gasteiger partial charge in [0, 0.05) is 32.4 Å². The molecular formula is C10H14ClN5O2S. The van der Waals surface area contributed by atoms with Gasteiger partial charge in [0.25, 0.3) is 10.0 Å². The largest absolute Gasteiger partial charge is 0.324 e. The van der Waals surface area contributed by atoms with E-state index in [-0.39, 0.29) is 16.7 Å². The maximum Gasteiger partial charge on any atom is 0.261 e. The SMILES string of the molecule is Cc1nn(C)cc1CNS(=O)(=O)c1ncn(C)c1Cl. The summed E-state index contributed by atoms with van der Waals surface area (Å²) >= 11 is 5.88. The Kier molecular flexibility index (Phi) is 3.66. The summed E-state index contributed by atoms with van der Waals surface area (Å²) in [7, 11) is -0.324. The van der Waals surface area contributed by atoms with Gasteiger partial charge in [-0.1, -0.05) is 11.6 Å². The summed E-state index contributed by atoms with van der Waals surface area (Å²) in [5, 5.41) is 4.05. The molecule has 0 saturated heterocycles. The van der Waals surface area contributed by atoms with Crippen molar-refractivity contribution in [2.45, 2.75) is 18.5 Å². The van der Waals surface area contributed by atoms with E-state index in [1.54, 1.807) is 25.0 Å². The van der Waals surface area contributed by atoms with Crippen LogP contribution in [0.15, 0.2) is 17.6 Å². The molecule has 0 spiro atoms. The third kappa shape index (κ3) is 2.80. The van der Waals surface area contributed by atoms with Crippen LogP contribution in [0, 0.1) is 6.92 Å². The fourth-order valence-corrected chi connectivity index (χ4v) is 3.07. The summed E-state index contributed by atoms with van der Waals surface area (Å²) < 4.78 is 29.6. The van der Waals surface area contributed by atoms with Gasteiger partial charge in [-0.05, 0) is 6.92 Å². The van der Waals surface area contributed by atoms with Crippen LogP contribution in [0.5, 0.6) is 0 Å². The van der Waals surface area contributed by atoms with Gasteiger partial charge in [-0.2, -0.15) is 5.10 Å². The number of sulfonamides is 1. The number of nitrogens with one attached hydrogen (secondary N) is 1. The molecule has 0 saturated carbocycles. The quantitative estimate of drug-likeness (QED) is 0.896. The number of halogens is 1. The van der Waals surface area contributed by atoms with Crippen LogP contribution in [0.2, 0.25) is 5.15 Å². The Bertz CT molecular complexity index is 704. The van der Waals surface area contributed by atoms with E-state index in [0.29, 0.717) is 0 Å². The molecule has 104 valence electrons. The average molecular weight is 304 g/mol. The summed E-state index contributed by atoms with van der Waals surface area (Å²) in [5.74, 6) is 0. The molecule has 2 heterocycles. The first-order valence-electron chi connectivity index (χ1n) is 5.47. The number of nitrogens with zero attached hydrogens (tertiary/aromatic N) is 4. The number of imidazole rings is 1. The highest BCUT2D eigenvalue weighted by atomic mass is 35.5. The second-order valence-corrected chi connectivity index (χ2v) is 6.23. The highest BCUT2D eigenvalue weighted by molar-refractivity contribution is 7.89. The third-order valence-corrected chi connectivity index (χ3v) is 4.55. The maximum absolute atomic E-state index is 12.1. The van der Waals surface area contributed by atoms with E-state index in [1.165, 1.54) is 10.9 Å². The predicted molar refractivity (Wildman–Crippen MR) is 70.2 cm³/mol. The van der Waals surface area contributed by atoms with Gasteiger partial charge in [-0.25, -0.2) is 18.1 Å². The van der Waals surface area contributed by atoms with E-state index in [0.717, 1.165) is 11.3 Å². The zero-order valence-corrected chi connectivity index (χ0v) is 12.3. The molecule has 1 N–H and O–H groups in total. The van der Waals surface area contributed by atoms with Gasteiger partial charge in [0.05, 0.1) is 12.0 Å². The number of hydrogen-bond donors (Lipinski definition) is 1. The fourth-order valence-electron chi connectivity index (χ4n) is 1.64. The lowest BCUT2D eigenvalue weighted by atomic mass is 10.3. The molecule has 0 amide bonds. The first kappa shape index (κ1) is 14.0. The highest BCUT2D eigenvalue weighted by Crippen LogP contribution is 2.18. The molecule has 9 heteroatoms. The zero-order chi connectivity index (χ0) is 14.2. The number of aryl methyl sites for hydroxylation is 3. The van der Waals surface area contributed by atoms with Crippen molar-refractivity contribution in [2.75, 3.05) is 0 Å². The third-order valence-electron chi connectivity index (χ3n) is 2.66. The number of aromatic nitrogens is 4. The van der Waals surface area contributed by atoms with Gasteiger partial charge in [-0.3, -0.25) is 4.68 Å². The monoisotopic (exact) mass is 303 g/mol. The molecule has 0 aliphatic rings. The van der Waals surface area contributed by atoms with E-state index >= 15 is 0 Å². The van der Waals surface area contributed by atoms with Crippen LogP contribution in [-0.2, 0) is 30.7 Å². The second kappa shape index (κ2) is 4.95. The normalized spacial score (nSPS) is 12.0. The first-order chi connectivity index (χ1) is 8.81. The zero-order valence-electron chi connectivity index (χ0n) is 10.8. The first-order valence-corrected chi connectivity index (χ1v) is 7.33. The van der Waals surface area contributed by atoms with Gasteiger partial charge >= 0.3 is 0 Å². The maximum atomic E-state index is 12.1. The molecule has 0 aromatic carbocycles. The summed E-state index contributed by atoms with van der Waals surface area (Å²) in [6.45, 7) is 1.96. The molecular weight excluding hydrogens is 290 g/mol. The van der Waals surface area contributed by atoms with E-state index < -0.39 is 10.0 Å². The second-order valence-electron chi connectivity index (χ2n) is 4.19. The van der Waals surface area contributed by atoms with Crippen molar-refractivity contribution in [1.29, 1.82) is 0 Å². The Morgan fingerprint density at radius 1 is 1.42 bits per heavy atom. The molecule has 0 bridgehead atoms. The van der Waals surface area contributed by atoms with E-state index in [1.807, 2.05) is 6.92 Å². The lowest BCUT2D eigenvalue weighted by Gasteiger charge is -2.04. The van der Waals surface area contributed by atoms with Crippen molar-refractivity contribution >= 4 is 21.6 Å². The van der Waals surface area contributed by atoms with Crippen molar-refractivity contribution in [3.05, 3.63) is 28.9 Å². The molecule has 0 aliphatic heterocycles. The fraction of sp³-hybridized carbons (Fsp3) is 0.400. The molecule has 0 aliphatic carbocycles. The van der Waals surface area contributed by atoms with Gasteiger partial charge in [0.2, 0.25) is 5.03 Å². The minimum atomic E-state index is -3.73. The molecule has 2 aromatic rings. The van der Waals surface area contributed by atoms with Crippen LogP contribution in [0.25, 0.3) is 0 Å². The molecule has 0 unspecified atom stereocenters. The van der Waals surface area contributed by atoms with Crippen LogP contribution < -0.4 is 4.72 Å². The van der Waals surface area contributed by atoms with Crippen LogP contribution in [0.1, 0.15) is 11.3 Å². The molecule has 7 nitrogen and oxygen atoms in total. The van der Waals surface area contributed by atoms with Gasteiger partial charge in [0.1, 0.15) is 5.15 Å². The standard InChI is InChI=1S/C10H14ClN5O2S/c1-7-8(5-16(3)14-7)4-13-19(17,18)10-9(11)15(2)6-12-10/h5-6,13H,4H2,1-3H3. The highest BCUT2D eigenvalue weighted by Gasteiger charge is 2.22. The van der Waals surface area contributed by atoms with E-state index in [2.05, 4.69) is 14.8 Å². The summed E-state index contributed by atoms with van der Waals surface area (Å²) in [5.41, 5.74) is 1.58. The number of hydrogen-bond acceptors (Lipinski definition) is 4. The Morgan fingerprint density at radius 3 is 2.58 bits per heavy atom. The molecule has 19 heavy (non-hydrogen) atoms. The van der Waals surface area contributed by atoms with Crippen molar-refractivity contribution in [3.63, 3.8) is 0 Å². The van der Waals surface area contributed by atoms with Gasteiger partial charge in [-0.15, -0.1) is 0 Å². The molecule has 2 aromatic heterocycles. The van der Waals surface area contributed by atoms with Crippen LogP contribution >= 0.6 is 11.6 Å². The predicted octanol–water partition coefficient (Wildman–Crippen LogP) is 0.594. The molecule has 0 atom stereocenters. The summed E-state index contributed by atoms with van der Waals surface area (Å²) in [4.78, 5) is 3.79. The van der Waals surface area contributed by atoms with Crippen molar-refractivity contribution in [1.82, 2.24) is 24.1 Å². The topological polar surface area (TPSA) is 81.8 Å². The molecule has 0 radical (unpaired) electrons. The van der Waals surface area contributed by atoms with E-state index in [9.17, 15) is 8.42 Å². The van der Waals surface area contributed by atoms with Crippen molar-refractivity contribution in [2.24, 2.45) is 14.1 Å². The van der Waals surface area contributed by atoms with Crippen LogP contribution in [0.3, 0.4) is 0 Å². The molecule has 2 rings (SSSR count). The van der Waals surface area contributed by atoms with Crippen LogP contribution in [-0.4, -0.2) is 27.7 Å². The van der Waals surface area contributed by atoms with Crippen molar-refractivity contribution < 1.29 is 8.42 Å². The Labute approximate surface area is 116 Å². The Morgan fingerprint density at radius 2 is 2.11 bits per heavy atom.